The van der Waals surface area contributed by atoms with Crippen LogP contribution in [0.1, 0.15) is 9.67 Å². The first-order valence-electron chi connectivity index (χ1n) is 5.37. The second-order valence-corrected chi connectivity index (χ2v) is 4.77. The lowest BCUT2D eigenvalue weighted by molar-refractivity contribution is 0.0966. The van der Waals surface area contributed by atoms with Gasteiger partial charge in [0.2, 0.25) is 0 Å². The molecule has 19 heavy (non-hydrogen) atoms. The van der Waals surface area contributed by atoms with Crippen molar-refractivity contribution in [2.24, 2.45) is 14.1 Å². The normalized spacial score (nSPS) is 10.2. The molecule has 0 aromatic carbocycles. The molecule has 0 atom stereocenters. The molecule has 7 nitrogen and oxygen atoms in total. The molecule has 2 heterocycles. The zero-order valence-corrected chi connectivity index (χ0v) is 11.2. The Hall–Kier alpha value is -2.35. The molecule has 0 aliphatic heterocycles. The highest BCUT2D eigenvalue weighted by atomic mass is 32.1. The monoisotopic (exact) mass is 280 g/mol. The molecule has 100 valence electrons. The summed E-state index contributed by atoms with van der Waals surface area (Å²) in [6, 6.07) is 4.66. The van der Waals surface area contributed by atoms with E-state index in [1.165, 1.54) is 36.1 Å². The van der Waals surface area contributed by atoms with E-state index in [9.17, 15) is 14.4 Å². The number of hydrazine groups is 1. The Bertz CT molecular complexity index is 715. The molecule has 0 aliphatic carbocycles. The van der Waals surface area contributed by atoms with Gasteiger partial charge in [-0.25, -0.2) is 4.79 Å². The number of nitrogens with one attached hydrogen (secondary N) is 2. The zero-order chi connectivity index (χ0) is 14.0. The number of carbonyl (C=O) groups excluding carboxylic acids is 1. The topological polar surface area (TPSA) is 85.1 Å². The van der Waals surface area contributed by atoms with E-state index in [1.807, 2.05) is 0 Å². The number of carbonyl (C=O) groups is 1. The van der Waals surface area contributed by atoms with Gasteiger partial charge in [0.15, 0.2) is 0 Å². The molecule has 2 aromatic heterocycles. The van der Waals surface area contributed by atoms with Crippen molar-refractivity contribution >= 4 is 23.1 Å². The summed E-state index contributed by atoms with van der Waals surface area (Å²) in [6.07, 6.45) is 0. The summed E-state index contributed by atoms with van der Waals surface area (Å²) >= 11 is 1.29. The van der Waals surface area contributed by atoms with E-state index in [0.29, 0.717) is 4.88 Å². The van der Waals surface area contributed by atoms with Crippen LogP contribution in [0.3, 0.4) is 0 Å². The molecule has 2 N–H and O–H groups in total. The van der Waals surface area contributed by atoms with Crippen molar-refractivity contribution in [2.45, 2.75) is 0 Å². The van der Waals surface area contributed by atoms with Crippen LogP contribution in [0, 0.1) is 0 Å². The van der Waals surface area contributed by atoms with Gasteiger partial charge in [-0.15, -0.1) is 11.3 Å². The van der Waals surface area contributed by atoms with E-state index >= 15 is 0 Å². The highest BCUT2D eigenvalue weighted by Crippen LogP contribution is 2.07. The number of anilines is 1. The maximum absolute atomic E-state index is 11.7. The third kappa shape index (κ3) is 2.58. The SMILES string of the molecule is Cn1c(NNC(=O)c2cccs2)cc(=O)n(C)c1=O. The Labute approximate surface area is 112 Å². The van der Waals surface area contributed by atoms with Gasteiger partial charge >= 0.3 is 5.69 Å². The average molecular weight is 280 g/mol. The number of nitrogens with zero attached hydrogens (tertiary/aromatic N) is 2. The van der Waals surface area contributed by atoms with E-state index in [4.69, 9.17) is 0 Å². The largest absolute Gasteiger partial charge is 0.332 e. The van der Waals surface area contributed by atoms with Crippen molar-refractivity contribution in [1.29, 1.82) is 0 Å². The molecule has 0 fully saturated rings. The standard InChI is InChI=1S/C11H12N4O3S/c1-14-8(6-9(16)15(2)11(14)18)12-13-10(17)7-4-3-5-19-7/h3-6,12H,1-2H3,(H,13,17). The molecule has 1 amide bonds. The predicted octanol–water partition coefficient (Wildman–Crippen LogP) is -0.0976. The van der Waals surface area contributed by atoms with Crippen molar-refractivity contribution in [3.05, 3.63) is 49.3 Å². The minimum Gasteiger partial charge on any atom is -0.283 e. The van der Waals surface area contributed by atoms with Gasteiger partial charge in [-0.3, -0.25) is 29.6 Å². The molecule has 2 rings (SSSR count). The fourth-order valence-corrected chi connectivity index (χ4v) is 2.06. The van der Waals surface area contributed by atoms with Gasteiger partial charge in [0, 0.05) is 20.2 Å². The summed E-state index contributed by atoms with van der Waals surface area (Å²) in [5.74, 6) is -0.110. The molecule has 0 aliphatic rings. The van der Waals surface area contributed by atoms with Gasteiger partial charge in [0.25, 0.3) is 11.5 Å². The van der Waals surface area contributed by atoms with Gasteiger partial charge in [-0.2, -0.15) is 0 Å². The minimum atomic E-state index is -0.472. The summed E-state index contributed by atoms with van der Waals surface area (Å²) in [6.45, 7) is 0. The fraction of sp³-hybridized carbons (Fsp3) is 0.182. The predicted molar refractivity (Wildman–Crippen MR) is 72.3 cm³/mol. The molecule has 2 aromatic rings. The second kappa shape index (κ2) is 5.11. The molecule has 0 unspecified atom stereocenters. The lowest BCUT2D eigenvalue weighted by Crippen LogP contribution is -2.40. The minimum absolute atomic E-state index is 0.220. The first kappa shape index (κ1) is 13.1. The molecule has 0 saturated carbocycles. The zero-order valence-electron chi connectivity index (χ0n) is 10.3. The van der Waals surface area contributed by atoms with Crippen LogP contribution >= 0.6 is 11.3 Å². The lowest BCUT2D eigenvalue weighted by Gasteiger charge is -2.11. The molecule has 0 bridgehead atoms. The summed E-state index contributed by atoms with van der Waals surface area (Å²) < 4.78 is 2.21. The lowest BCUT2D eigenvalue weighted by atomic mass is 10.4. The Morgan fingerprint density at radius 2 is 2.00 bits per heavy atom. The van der Waals surface area contributed by atoms with Gasteiger partial charge in [-0.05, 0) is 11.4 Å². The maximum atomic E-state index is 11.7. The van der Waals surface area contributed by atoms with E-state index < -0.39 is 11.2 Å². The highest BCUT2D eigenvalue weighted by Gasteiger charge is 2.08. The summed E-state index contributed by atoms with van der Waals surface area (Å²) in [4.78, 5) is 35.4. The number of rotatable bonds is 3. The van der Waals surface area contributed by atoms with Crippen LogP contribution in [0.25, 0.3) is 0 Å². The summed E-state index contributed by atoms with van der Waals surface area (Å²) in [5.41, 5.74) is 4.08. The van der Waals surface area contributed by atoms with Crippen LogP contribution < -0.4 is 22.1 Å². The number of amides is 1. The Morgan fingerprint density at radius 1 is 1.26 bits per heavy atom. The van der Waals surface area contributed by atoms with Crippen LogP contribution in [-0.2, 0) is 14.1 Å². The average Bonchev–Trinajstić information content (AvgIpc) is 2.92. The third-order valence-electron chi connectivity index (χ3n) is 2.58. The van der Waals surface area contributed by atoms with Crippen molar-refractivity contribution in [3.8, 4) is 0 Å². The van der Waals surface area contributed by atoms with E-state index in [2.05, 4.69) is 10.9 Å². The number of hydrogen-bond acceptors (Lipinski definition) is 5. The first-order chi connectivity index (χ1) is 9.00. The molecule has 0 spiro atoms. The van der Waals surface area contributed by atoms with Crippen molar-refractivity contribution in [1.82, 2.24) is 14.6 Å². The number of aromatic nitrogens is 2. The van der Waals surface area contributed by atoms with E-state index in [0.717, 1.165) is 4.57 Å². The summed E-state index contributed by atoms with van der Waals surface area (Å²) in [5, 5.41) is 1.78. The number of thiophene rings is 1. The quantitative estimate of drug-likeness (QED) is 0.769. The van der Waals surface area contributed by atoms with Crippen LogP contribution in [0.2, 0.25) is 0 Å². The maximum Gasteiger partial charge on any atom is 0.332 e. The van der Waals surface area contributed by atoms with Crippen LogP contribution in [0.4, 0.5) is 5.82 Å². The van der Waals surface area contributed by atoms with E-state index in [1.54, 1.807) is 17.5 Å². The van der Waals surface area contributed by atoms with Crippen LogP contribution in [-0.4, -0.2) is 15.0 Å². The summed E-state index contributed by atoms with van der Waals surface area (Å²) in [7, 11) is 2.89. The smallest absolute Gasteiger partial charge is 0.283 e. The molecular formula is C11H12N4O3S. The van der Waals surface area contributed by atoms with E-state index in [-0.39, 0.29) is 11.7 Å². The Balaban J connectivity index is 2.19. The molecule has 0 saturated heterocycles. The molecule has 8 heteroatoms. The highest BCUT2D eigenvalue weighted by molar-refractivity contribution is 7.12. The van der Waals surface area contributed by atoms with Gasteiger partial charge in [0.05, 0.1) is 4.88 Å². The van der Waals surface area contributed by atoms with Gasteiger partial charge in [0.1, 0.15) is 5.82 Å². The molecule has 0 radical (unpaired) electrons. The molecular weight excluding hydrogens is 268 g/mol. The Morgan fingerprint density at radius 3 is 2.63 bits per heavy atom. The van der Waals surface area contributed by atoms with Crippen molar-refractivity contribution in [2.75, 3.05) is 5.43 Å². The second-order valence-electron chi connectivity index (χ2n) is 3.82. The third-order valence-corrected chi connectivity index (χ3v) is 3.44. The van der Waals surface area contributed by atoms with Crippen LogP contribution in [0.15, 0.2) is 33.2 Å². The fourth-order valence-electron chi connectivity index (χ4n) is 1.44. The van der Waals surface area contributed by atoms with Gasteiger partial charge < -0.3 is 0 Å². The number of hydrogen-bond donors (Lipinski definition) is 2. The van der Waals surface area contributed by atoms with Crippen LogP contribution in [0.5, 0.6) is 0 Å². The van der Waals surface area contributed by atoms with Crippen molar-refractivity contribution < 1.29 is 4.79 Å². The van der Waals surface area contributed by atoms with Crippen molar-refractivity contribution in [3.63, 3.8) is 0 Å². The van der Waals surface area contributed by atoms with Gasteiger partial charge in [-0.1, -0.05) is 6.07 Å². The first-order valence-corrected chi connectivity index (χ1v) is 6.25. The Kier molecular flexibility index (Phi) is 3.52.